The third-order valence-electron chi connectivity index (χ3n) is 4.70. The van der Waals surface area contributed by atoms with Gasteiger partial charge in [0.1, 0.15) is 0 Å². The molecule has 0 saturated carbocycles. The zero-order chi connectivity index (χ0) is 14.7. The summed E-state index contributed by atoms with van der Waals surface area (Å²) in [6.07, 6.45) is 5.25. The number of anilines is 1. The minimum atomic E-state index is 0.203. The number of piperidine rings is 1. The van der Waals surface area contributed by atoms with Crippen LogP contribution >= 0.6 is 0 Å². The number of hydrogen-bond acceptors (Lipinski definition) is 4. The smallest absolute Gasteiger partial charge is 0.176 e. The van der Waals surface area contributed by atoms with Gasteiger partial charge < -0.3 is 10.4 Å². The van der Waals surface area contributed by atoms with Crippen LogP contribution in [0.25, 0.3) is 0 Å². The highest BCUT2D eigenvalue weighted by atomic mass is 16.3. The normalized spacial score (nSPS) is 21.9. The monoisotopic (exact) mass is 288 g/mol. The van der Waals surface area contributed by atoms with E-state index >= 15 is 0 Å². The number of nitrogens with zero attached hydrogens (tertiary/aromatic N) is 1. The summed E-state index contributed by atoms with van der Waals surface area (Å²) >= 11 is 0. The van der Waals surface area contributed by atoms with Crippen molar-refractivity contribution in [3.63, 3.8) is 0 Å². The molecule has 1 aromatic carbocycles. The SMILES string of the molecule is O=C(CN1CCCCC1CCO)c1ccc2c(c1)CCN2. The first kappa shape index (κ1) is 14.5. The number of likely N-dealkylation sites (tertiary alicyclic amines) is 1. The van der Waals surface area contributed by atoms with E-state index in [2.05, 4.69) is 10.2 Å². The number of Topliss-reactive ketones (excluding diaryl/α,β-unsaturated/α-hetero) is 1. The van der Waals surface area contributed by atoms with Crippen LogP contribution in [0.5, 0.6) is 0 Å². The van der Waals surface area contributed by atoms with Crippen molar-refractivity contribution in [1.29, 1.82) is 0 Å². The minimum Gasteiger partial charge on any atom is -0.396 e. The van der Waals surface area contributed by atoms with Crippen molar-refractivity contribution in [3.05, 3.63) is 29.3 Å². The molecule has 0 bridgehead atoms. The number of nitrogens with one attached hydrogen (secondary N) is 1. The van der Waals surface area contributed by atoms with Crippen molar-refractivity contribution in [2.75, 3.05) is 31.6 Å². The molecule has 0 aromatic heterocycles. The molecule has 0 aliphatic carbocycles. The first-order valence-corrected chi connectivity index (χ1v) is 8.03. The van der Waals surface area contributed by atoms with Crippen LogP contribution in [-0.4, -0.2) is 48.1 Å². The Morgan fingerprint density at radius 3 is 3.14 bits per heavy atom. The molecule has 2 heterocycles. The molecule has 1 atom stereocenters. The third-order valence-corrected chi connectivity index (χ3v) is 4.70. The molecule has 2 N–H and O–H groups in total. The summed E-state index contributed by atoms with van der Waals surface area (Å²) in [4.78, 5) is 14.8. The summed E-state index contributed by atoms with van der Waals surface area (Å²) in [5.41, 5.74) is 3.25. The summed E-state index contributed by atoms with van der Waals surface area (Å²) in [7, 11) is 0. The quantitative estimate of drug-likeness (QED) is 0.815. The van der Waals surface area contributed by atoms with Crippen LogP contribution in [0.15, 0.2) is 18.2 Å². The van der Waals surface area contributed by atoms with E-state index in [0.29, 0.717) is 12.6 Å². The van der Waals surface area contributed by atoms with Gasteiger partial charge in [-0.25, -0.2) is 0 Å². The Morgan fingerprint density at radius 1 is 1.38 bits per heavy atom. The first-order chi connectivity index (χ1) is 10.3. The molecule has 4 nitrogen and oxygen atoms in total. The predicted molar refractivity (Wildman–Crippen MR) is 83.9 cm³/mol. The highest BCUT2D eigenvalue weighted by Crippen LogP contribution is 2.24. The second kappa shape index (κ2) is 6.58. The van der Waals surface area contributed by atoms with Crippen LogP contribution in [0.3, 0.4) is 0 Å². The minimum absolute atomic E-state index is 0.203. The molecule has 2 aliphatic rings. The van der Waals surface area contributed by atoms with E-state index in [1.54, 1.807) is 0 Å². The molecular formula is C17H24N2O2. The Bertz CT molecular complexity index is 514. The fourth-order valence-electron chi connectivity index (χ4n) is 3.50. The Kier molecular flexibility index (Phi) is 4.56. The molecule has 0 radical (unpaired) electrons. The summed E-state index contributed by atoms with van der Waals surface area (Å²) in [6.45, 7) is 2.64. The van der Waals surface area contributed by atoms with Gasteiger partial charge in [0.05, 0.1) is 6.54 Å². The molecule has 0 amide bonds. The molecule has 2 aliphatic heterocycles. The van der Waals surface area contributed by atoms with Gasteiger partial charge in [0.15, 0.2) is 5.78 Å². The maximum Gasteiger partial charge on any atom is 0.176 e. The molecule has 0 spiro atoms. The van der Waals surface area contributed by atoms with Gasteiger partial charge in [-0.2, -0.15) is 0 Å². The lowest BCUT2D eigenvalue weighted by atomic mass is 9.98. The summed E-state index contributed by atoms with van der Waals surface area (Å²) in [5, 5.41) is 12.5. The van der Waals surface area contributed by atoms with E-state index in [4.69, 9.17) is 0 Å². The Labute approximate surface area is 126 Å². The lowest BCUT2D eigenvalue weighted by Gasteiger charge is -2.34. The van der Waals surface area contributed by atoms with E-state index in [-0.39, 0.29) is 12.4 Å². The van der Waals surface area contributed by atoms with Crippen LogP contribution in [0.4, 0.5) is 5.69 Å². The third kappa shape index (κ3) is 3.27. The van der Waals surface area contributed by atoms with Gasteiger partial charge in [-0.1, -0.05) is 6.42 Å². The standard InChI is InChI=1S/C17H24N2O2/c20-10-7-15-3-1-2-9-19(15)12-17(21)14-4-5-16-13(11-14)6-8-18-16/h4-5,11,15,18,20H,1-3,6-10,12H2. The van der Waals surface area contributed by atoms with Crippen molar-refractivity contribution in [3.8, 4) is 0 Å². The number of aliphatic hydroxyl groups is 1. The maximum atomic E-state index is 12.5. The second-order valence-electron chi connectivity index (χ2n) is 6.10. The van der Waals surface area contributed by atoms with Gasteiger partial charge in [-0.3, -0.25) is 9.69 Å². The summed E-state index contributed by atoms with van der Waals surface area (Å²) in [6, 6.07) is 6.37. The van der Waals surface area contributed by atoms with Crippen molar-refractivity contribution in [2.45, 2.75) is 38.1 Å². The highest BCUT2D eigenvalue weighted by molar-refractivity contribution is 5.98. The number of fused-ring (bicyclic) bond motifs is 1. The fourth-order valence-corrected chi connectivity index (χ4v) is 3.50. The topological polar surface area (TPSA) is 52.6 Å². The fraction of sp³-hybridized carbons (Fsp3) is 0.588. The molecule has 1 aromatic rings. The average molecular weight is 288 g/mol. The van der Waals surface area contributed by atoms with Gasteiger partial charge in [-0.05, 0) is 56.0 Å². The summed E-state index contributed by atoms with van der Waals surface area (Å²) < 4.78 is 0. The number of rotatable bonds is 5. The molecule has 4 heteroatoms. The van der Waals surface area contributed by atoms with Crippen LogP contribution in [0.1, 0.15) is 41.6 Å². The Morgan fingerprint density at radius 2 is 2.29 bits per heavy atom. The van der Waals surface area contributed by atoms with Crippen LogP contribution in [-0.2, 0) is 6.42 Å². The van der Waals surface area contributed by atoms with Crippen molar-refractivity contribution < 1.29 is 9.90 Å². The number of aliphatic hydroxyl groups excluding tert-OH is 1. The maximum absolute atomic E-state index is 12.5. The zero-order valence-electron chi connectivity index (χ0n) is 12.5. The number of carbonyl (C=O) groups is 1. The van der Waals surface area contributed by atoms with E-state index < -0.39 is 0 Å². The van der Waals surface area contributed by atoms with Gasteiger partial charge in [0, 0.05) is 30.4 Å². The zero-order valence-corrected chi connectivity index (χ0v) is 12.5. The van der Waals surface area contributed by atoms with Crippen LogP contribution in [0, 0.1) is 0 Å². The van der Waals surface area contributed by atoms with Crippen LogP contribution < -0.4 is 5.32 Å². The highest BCUT2D eigenvalue weighted by Gasteiger charge is 2.24. The van der Waals surface area contributed by atoms with Gasteiger partial charge >= 0.3 is 0 Å². The molecule has 114 valence electrons. The van der Waals surface area contributed by atoms with E-state index in [1.807, 2.05) is 18.2 Å². The first-order valence-electron chi connectivity index (χ1n) is 8.03. The Balaban J connectivity index is 1.67. The van der Waals surface area contributed by atoms with Gasteiger partial charge in [0.25, 0.3) is 0 Å². The largest absolute Gasteiger partial charge is 0.396 e. The second-order valence-corrected chi connectivity index (χ2v) is 6.10. The van der Waals surface area contributed by atoms with E-state index in [9.17, 15) is 9.90 Å². The molecule has 1 fully saturated rings. The molecule has 1 unspecified atom stereocenters. The van der Waals surface area contributed by atoms with E-state index in [0.717, 1.165) is 44.3 Å². The lowest BCUT2D eigenvalue weighted by Crippen LogP contribution is -2.43. The van der Waals surface area contributed by atoms with Crippen LogP contribution in [0.2, 0.25) is 0 Å². The number of hydrogen-bond donors (Lipinski definition) is 2. The Hall–Kier alpha value is -1.39. The van der Waals surface area contributed by atoms with Gasteiger partial charge in [-0.15, -0.1) is 0 Å². The lowest BCUT2D eigenvalue weighted by molar-refractivity contribution is 0.0799. The number of benzene rings is 1. The average Bonchev–Trinajstić information content (AvgIpc) is 2.97. The van der Waals surface area contributed by atoms with E-state index in [1.165, 1.54) is 17.7 Å². The number of carbonyl (C=O) groups excluding carboxylic acids is 1. The van der Waals surface area contributed by atoms with Crippen molar-refractivity contribution in [2.24, 2.45) is 0 Å². The predicted octanol–water partition coefficient (Wildman–Crippen LogP) is 2.07. The van der Waals surface area contributed by atoms with Gasteiger partial charge in [0.2, 0.25) is 0 Å². The molecule has 21 heavy (non-hydrogen) atoms. The molecule has 3 rings (SSSR count). The van der Waals surface area contributed by atoms with Crippen molar-refractivity contribution in [1.82, 2.24) is 4.90 Å². The molecule has 1 saturated heterocycles. The van der Waals surface area contributed by atoms with Crippen molar-refractivity contribution >= 4 is 11.5 Å². The number of ketones is 1. The molecular weight excluding hydrogens is 264 g/mol. The summed E-state index contributed by atoms with van der Waals surface area (Å²) in [5.74, 6) is 0.203.